The van der Waals surface area contributed by atoms with Crippen LogP contribution in [0.5, 0.6) is 0 Å². The fraction of sp³-hybridized carbons (Fsp3) is 0.417. The van der Waals surface area contributed by atoms with E-state index in [9.17, 15) is 53.5 Å². The van der Waals surface area contributed by atoms with E-state index in [1.807, 2.05) is 0 Å². The average molecular weight is 632 g/mol. The van der Waals surface area contributed by atoms with Gasteiger partial charge in [0, 0.05) is 24.1 Å². The molecule has 1 aliphatic heterocycles. The summed E-state index contributed by atoms with van der Waals surface area (Å²) in [5.74, 6) is -8.41. The van der Waals surface area contributed by atoms with Crippen LogP contribution in [0.2, 0.25) is 0 Å². The van der Waals surface area contributed by atoms with Crippen molar-refractivity contribution in [3.63, 3.8) is 0 Å². The number of aromatic nitrogens is 3. The number of fused-ring (bicyclic) bond motifs is 1. The van der Waals surface area contributed by atoms with Crippen LogP contribution in [-0.2, 0) is 11.0 Å². The second-order valence-corrected chi connectivity index (χ2v) is 9.73. The number of nitrogens with one attached hydrogen (secondary N) is 1. The summed E-state index contributed by atoms with van der Waals surface area (Å²) in [6.07, 6.45) is -19.9. The summed E-state index contributed by atoms with van der Waals surface area (Å²) in [6.45, 7) is -0.460. The van der Waals surface area contributed by atoms with E-state index in [4.69, 9.17) is 5.73 Å². The molecule has 1 aliphatic rings. The first-order valence-electron chi connectivity index (χ1n) is 12.1. The van der Waals surface area contributed by atoms with Gasteiger partial charge in [0.25, 0.3) is 5.91 Å². The number of hydrogen-bond acceptors (Lipinski definition) is 5. The van der Waals surface area contributed by atoms with Crippen molar-refractivity contribution in [2.45, 2.75) is 44.1 Å². The Morgan fingerprint density at radius 2 is 1.67 bits per heavy atom. The number of amides is 2. The number of nitrogens with zero attached hydrogens (tertiary/aromatic N) is 4. The quantitative estimate of drug-likeness (QED) is 0.392. The lowest BCUT2D eigenvalue weighted by molar-refractivity contribution is -0.284. The van der Waals surface area contributed by atoms with Crippen LogP contribution < -0.4 is 11.1 Å². The second-order valence-electron chi connectivity index (χ2n) is 9.73. The maximum absolute atomic E-state index is 15.0. The number of carbonyl (C=O) groups excluding carboxylic acids is 2. The molecule has 3 heterocycles. The van der Waals surface area contributed by atoms with Crippen molar-refractivity contribution in [2.24, 2.45) is 5.92 Å². The van der Waals surface area contributed by atoms with Crippen molar-refractivity contribution in [1.29, 1.82) is 0 Å². The molecule has 234 valence electrons. The van der Waals surface area contributed by atoms with Gasteiger partial charge in [-0.05, 0) is 30.7 Å². The van der Waals surface area contributed by atoms with Gasteiger partial charge in [0.1, 0.15) is 23.8 Å². The molecule has 0 aliphatic carbocycles. The third kappa shape index (κ3) is 6.29. The highest BCUT2D eigenvalue weighted by Crippen LogP contribution is 2.42. The van der Waals surface area contributed by atoms with Crippen LogP contribution in [0.25, 0.3) is 16.8 Å². The number of carbonyl (C=O) groups is 2. The number of anilines is 1. The molecule has 19 heteroatoms. The zero-order valence-electron chi connectivity index (χ0n) is 21.5. The molecule has 2 aromatic heterocycles. The first-order valence-corrected chi connectivity index (χ1v) is 12.1. The van der Waals surface area contributed by atoms with Gasteiger partial charge >= 0.3 is 18.5 Å². The summed E-state index contributed by atoms with van der Waals surface area (Å²) in [4.78, 5) is 29.1. The normalized spacial score (nSPS) is 18.1. The van der Waals surface area contributed by atoms with Gasteiger partial charge in [-0.2, -0.15) is 44.6 Å². The van der Waals surface area contributed by atoms with E-state index in [0.29, 0.717) is 15.5 Å². The Morgan fingerprint density at radius 1 is 1.05 bits per heavy atom. The van der Waals surface area contributed by atoms with E-state index < -0.39 is 102 Å². The van der Waals surface area contributed by atoms with Gasteiger partial charge in [0.15, 0.2) is 11.7 Å². The lowest BCUT2D eigenvalue weighted by Gasteiger charge is -2.25. The number of benzene rings is 1. The largest absolute Gasteiger partial charge is 0.418 e. The standard InChI is InChI=1S/C24H19F11N6O2/c1-9-2-13(25)11(16-4-12(22(27,28)29)19-20(36)37-8-38-41(16)19)3-10(9)21(43)39-15-7-40(6-14(15)26)18(42)5-17(23(30,31)32)24(33,34)35/h2-4,8,14-15,17H,5-7H2,1H3,(H,39,43)(H2,36,37,38)/t14-,15+/m0/s1. The summed E-state index contributed by atoms with van der Waals surface area (Å²) in [5.41, 5.74) is 2.13. The lowest BCUT2D eigenvalue weighted by Crippen LogP contribution is -2.43. The highest BCUT2D eigenvalue weighted by molar-refractivity contribution is 5.97. The van der Waals surface area contributed by atoms with Gasteiger partial charge in [-0.15, -0.1) is 0 Å². The fourth-order valence-corrected chi connectivity index (χ4v) is 4.66. The minimum atomic E-state index is -5.79. The molecule has 1 saturated heterocycles. The van der Waals surface area contributed by atoms with Crippen LogP contribution in [0.1, 0.15) is 27.9 Å². The summed E-state index contributed by atoms with van der Waals surface area (Å²) in [7, 11) is 0. The van der Waals surface area contributed by atoms with Crippen LogP contribution >= 0.6 is 0 Å². The highest BCUT2D eigenvalue weighted by Gasteiger charge is 2.57. The van der Waals surface area contributed by atoms with E-state index in [1.54, 1.807) is 0 Å². The lowest BCUT2D eigenvalue weighted by atomic mass is 10.0. The van der Waals surface area contributed by atoms with Gasteiger partial charge in [-0.1, -0.05) is 0 Å². The molecule has 0 unspecified atom stereocenters. The predicted molar refractivity (Wildman–Crippen MR) is 125 cm³/mol. The zero-order valence-corrected chi connectivity index (χ0v) is 21.5. The number of rotatable bonds is 5. The molecule has 1 aromatic carbocycles. The van der Waals surface area contributed by atoms with Crippen molar-refractivity contribution in [3.05, 3.63) is 47.0 Å². The Hall–Kier alpha value is -4.19. The smallest absolute Gasteiger partial charge is 0.382 e. The average Bonchev–Trinajstić information content (AvgIpc) is 3.43. The molecular weight excluding hydrogens is 613 g/mol. The molecule has 3 N–H and O–H groups in total. The SMILES string of the molecule is Cc1cc(F)c(-c2cc(C(F)(F)F)c3c(N)ncnn23)cc1C(=O)N[C@@H]1CN(C(=O)CC(C(F)(F)F)C(F)(F)F)C[C@@H]1F. The number of nitrogen functional groups attached to an aromatic ring is 1. The van der Waals surface area contributed by atoms with Gasteiger partial charge in [0.05, 0.1) is 23.8 Å². The highest BCUT2D eigenvalue weighted by atomic mass is 19.4. The summed E-state index contributed by atoms with van der Waals surface area (Å²) in [5, 5.41) is 5.84. The number of nitrogens with two attached hydrogens (primary N) is 1. The van der Waals surface area contributed by atoms with Gasteiger partial charge in [-0.3, -0.25) is 9.59 Å². The van der Waals surface area contributed by atoms with Crippen molar-refractivity contribution in [1.82, 2.24) is 24.8 Å². The molecule has 0 bridgehead atoms. The second kappa shape index (κ2) is 10.8. The molecular formula is C24H19F11N6O2. The molecule has 4 rings (SSSR count). The Morgan fingerprint density at radius 3 is 2.26 bits per heavy atom. The summed E-state index contributed by atoms with van der Waals surface area (Å²) in [6, 6.07) is 0.594. The number of aryl methyl sites for hydroxylation is 1. The Balaban J connectivity index is 1.60. The first kappa shape index (κ1) is 31.7. The molecule has 0 spiro atoms. The monoisotopic (exact) mass is 632 g/mol. The molecule has 43 heavy (non-hydrogen) atoms. The topological polar surface area (TPSA) is 106 Å². The van der Waals surface area contributed by atoms with Crippen LogP contribution in [0.15, 0.2) is 24.5 Å². The molecule has 0 saturated carbocycles. The fourth-order valence-electron chi connectivity index (χ4n) is 4.66. The number of halogens is 11. The van der Waals surface area contributed by atoms with Gasteiger partial charge in [-0.25, -0.2) is 18.3 Å². The molecule has 1 fully saturated rings. The molecule has 8 nitrogen and oxygen atoms in total. The summed E-state index contributed by atoms with van der Waals surface area (Å²) >= 11 is 0. The minimum Gasteiger partial charge on any atom is -0.382 e. The van der Waals surface area contributed by atoms with Crippen molar-refractivity contribution in [2.75, 3.05) is 18.8 Å². The van der Waals surface area contributed by atoms with E-state index in [1.165, 1.54) is 6.92 Å². The number of alkyl halides is 10. The van der Waals surface area contributed by atoms with E-state index in [2.05, 4.69) is 15.4 Å². The van der Waals surface area contributed by atoms with Crippen molar-refractivity contribution >= 4 is 23.1 Å². The van der Waals surface area contributed by atoms with E-state index in [0.717, 1.165) is 18.5 Å². The van der Waals surface area contributed by atoms with Crippen molar-refractivity contribution in [3.8, 4) is 11.3 Å². The van der Waals surface area contributed by atoms with Gasteiger partial charge < -0.3 is 16.0 Å². The van der Waals surface area contributed by atoms with Gasteiger partial charge in [0.2, 0.25) is 5.91 Å². The number of likely N-dealkylation sites (tertiary alicyclic amines) is 1. The maximum Gasteiger partial charge on any atom is 0.418 e. The Kier molecular flexibility index (Phi) is 7.99. The predicted octanol–water partition coefficient (Wildman–Crippen LogP) is 4.85. The maximum atomic E-state index is 15.0. The van der Waals surface area contributed by atoms with Crippen molar-refractivity contribution < 1.29 is 57.9 Å². The summed E-state index contributed by atoms with van der Waals surface area (Å²) < 4.78 is 148. The van der Waals surface area contributed by atoms with Crippen LogP contribution in [0, 0.1) is 18.7 Å². The third-order valence-electron chi connectivity index (χ3n) is 6.81. The van der Waals surface area contributed by atoms with Crippen LogP contribution in [0.3, 0.4) is 0 Å². The molecule has 2 atom stereocenters. The molecule has 2 amide bonds. The van der Waals surface area contributed by atoms with E-state index >= 15 is 4.39 Å². The molecule has 3 aromatic rings. The zero-order chi connectivity index (χ0) is 32.2. The minimum absolute atomic E-state index is 0.0654. The Bertz CT molecular complexity index is 1550. The third-order valence-corrected chi connectivity index (χ3v) is 6.81. The van der Waals surface area contributed by atoms with Crippen LogP contribution in [-0.4, -0.2) is 69.0 Å². The van der Waals surface area contributed by atoms with Crippen LogP contribution in [0.4, 0.5) is 54.1 Å². The number of hydrogen-bond donors (Lipinski definition) is 2. The van der Waals surface area contributed by atoms with E-state index in [-0.39, 0.29) is 11.1 Å². The Labute approximate surface area is 233 Å². The first-order chi connectivity index (χ1) is 19.7. The molecule has 0 radical (unpaired) electrons.